The zero-order valence-corrected chi connectivity index (χ0v) is 12.8. The molecule has 1 amide bonds. The van der Waals surface area contributed by atoms with Crippen LogP contribution in [-0.2, 0) is 13.6 Å². The van der Waals surface area contributed by atoms with Gasteiger partial charge in [0.2, 0.25) is 0 Å². The Balaban J connectivity index is 1.61. The largest absolute Gasteiger partial charge is 0.347 e. The third-order valence-corrected chi connectivity index (χ3v) is 3.99. The third-order valence-electron chi connectivity index (χ3n) is 3.08. The SMILES string of the molecule is Cn1nccc1Nc1ncc(C(=O)NCc2ccccc2)s1. The predicted molar refractivity (Wildman–Crippen MR) is 86.2 cm³/mol. The van der Waals surface area contributed by atoms with Crippen molar-refractivity contribution < 1.29 is 4.79 Å². The second-order valence-electron chi connectivity index (χ2n) is 4.66. The van der Waals surface area contributed by atoms with Gasteiger partial charge in [0.25, 0.3) is 5.91 Å². The van der Waals surface area contributed by atoms with Crippen LogP contribution in [0.5, 0.6) is 0 Å². The molecule has 1 aromatic carbocycles. The van der Waals surface area contributed by atoms with Crippen LogP contribution < -0.4 is 10.6 Å². The van der Waals surface area contributed by atoms with Gasteiger partial charge in [0.15, 0.2) is 5.13 Å². The molecule has 0 saturated carbocycles. The standard InChI is InChI=1S/C15H15N5OS/c1-20-13(7-8-18-20)19-15-17-10-12(22-15)14(21)16-9-11-5-3-2-4-6-11/h2-8,10H,9H2,1H3,(H,16,21)(H,17,19). The lowest BCUT2D eigenvalue weighted by Crippen LogP contribution is -2.21. The van der Waals surface area contributed by atoms with Crippen molar-refractivity contribution >= 4 is 28.2 Å². The quantitative estimate of drug-likeness (QED) is 0.759. The van der Waals surface area contributed by atoms with Gasteiger partial charge in [-0.15, -0.1) is 0 Å². The summed E-state index contributed by atoms with van der Waals surface area (Å²) in [4.78, 5) is 16.9. The van der Waals surface area contributed by atoms with Crippen molar-refractivity contribution in [3.63, 3.8) is 0 Å². The van der Waals surface area contributed by atoms with Crippen LogP contribution >= 0.6 is 11.3 Å². The maximum atomic E-state index is 12.1. The molecule has 0 atom stereocenters. The number of benzene rings is 1. The van der Waals surface area contributed by atoms with Gasteiger partial charge < -0.3 is 10.6 Å². The van der Waals surface area contributed by atoms with Crippen molar-refractivity contribution in [2.75, 3.05) is 5.32 Å². The highest BCUT2D eigenvalue weighted by molar-refractivity contribution is 7.17. The molecule has 0 unspecified atom stereocenters. The summed E-state index contributed by atoms with van der Waals surface area (Å²) in [7, 11) is 1.84. The van der Waals surface area contributed by atoms with E-state index in [9.17, 15) is 4.79 Å². The number of aryl methyl sites for hydroxylation is 1. The number of anilines is 2. The lowest BCUT2D eigenvalue weighted by atomic mass is 10.2. The van der Waals surface area contributed by atoms with E-state index in [1.807, 2.05) is 43.4 Å². The monoisotopic (exact) mass is 313 g/mol. The number of amides is 1. The minimum Gasteiger partial charge on any atom is -0.347 e. The minimum absolute atomic E-state index is 0.126. The summed E-state index contributed by atoms with van der Waals surface area (Å²) >= 11 is 1.31. The average Bonchev–Trinajstić information content (AvgIpc) is 3.16. The number of aromatic nitrogens is 3. The highest BCUT2D eigenvalue weighted by Crippen LogP contribution is 2.22. The lowest BCUT2D eigenvalue weighted by Gasteiger charge is -2.03. The molecule has 0 spiro atoms. The summed E-state index contributed by atoms with van der Waals surface area (Å²) in [5.41, 5.74) is 1.06. The normalized spacial score (nSPS) is 10.4. The van der Waals surface area contributed by atoms with Gasteiger partial charge in [-0.1, -0.05) is 41.7 Å². The fourth-order valence-electron chi connectivity index (χ4n) is 1.91. The summed E-state index contributed by atoms with van der Waals surface area (Å²) in [5.74, 6) is 0.699. The topological polar surface area (TPSA) is 71.8 Å². The maximum absolute atomic E-state index is 12.1. The Labute approximate surface area is 131 Å². The molecule has 0 aliphatic heterocycles. The molecule has 7 heteroatoms. The molecule has 22 heavy (non-hydrogen) atoms. The van der Waals surface area contributed by atoms with E-state index in [-0.39, 0.29) is 5.91 Å². The molecule has 0 bridgehead atoms. The zero-order chi connectivity index (χ0) is 15.4. The summed E-state index contributed by atoms with van der Waals surface area (Å²) in [6, 6.07) is 11.6. The number of hydrogen-bond acceptors (Lipinski definition) is 5. The second kappa shape index (κ2) is 6.40. The van der Waals surface area contributed by atoms with E-state index in [0.717, 1.165) is 11.4 Å². The number of thiazole rings is 1. The highest BCUT2D eigenvalue weighted by Gasteiger charge is 2.11. The van der Waals surface area contributed by atoms with Crippen LogP contribution in [0, 0.1) is 0 Å². The fourth-order valence-corrected chi connectivity index (χ4v) is 2.65. The van der Waals surface area contributed by atoms with Crippen molar-refractivity contribution in [1.29, 1.82) is 0 Å². The van der Waals surface area contributed by atoms with Crippen LogP contribution in [0.2, 0.25) is 0 Å². The zero-order valence-electron chi connectivity index (χ0n) is 12.0. The van der Waals surface area contributed by atoms with Crippen molar-refractivity contribution in [1.82, 2.24) is 20.1 Å². The molecule has 2 heterocycles. The number of rotatable bonds is 5. The van der Waals surface area contributed by atoms with Crippen LogP contribution in [0.1, 0.15) is 15.2 Å². The van der Waals surface area contributed by atoms with Crippen molar-refractivity contribution in [2.24, 2.45) is 7.05 Å². The molecule has 3 aromatic rings. The van der Waals surface area contributed by atoms with Gasteiger partial charge in [-0.3, -0.25) is 9.48 Å². The molecule has 0 aliphatic rings. The van der Waals surface area contributed by atoms with E-state index < -0.39 is 0 Å². The van der Waals surface area contributed by atoms with E-state index >= 15 is 0 Å². The van der Waals surface area contributed by atoms with Crippen LogP contribution in [0.25, 0.3) is 0 Å². The summed E-state index contributed by atoms with van der Waals surface area (Å²) in [5, 5.41) is 10.7. The van der Waals surface area contributed by atoms with Gasteiger partial charge in [0, 0.05) is 19.7 Å². The number of nitrogens with zero attached hydrogens (tertiary/aromatic N) is 3. The van der Waals surface area contributed by atoms with Gasteiger partial charge in [0.1, 0.15) is 10.7 Å². The number of carbonyl (C=O) groups is 1. The van der Waals surface area contributed by atoms with E-state index in [2.05, 4.69) is 20.7 Å². The molecule has 112 valence electrons. The Kier molecular flexibility index (Phi) is 4.15. The van der Waals surface area contributed by atoms with Crippen molar-refractivity contribution in [2.45, 2.75) is 6.54 Å². The lowest BCUT2D eigenvalue weighted by molar-refractivity contribution is 0.0955. The van der Waals surface area contributed by atoms with E-state index in [1.54, 1.807) is 17.1 Å². The van der Waals surface area contributed by atoms with Gasteiger partial charge in [0.05, 0.1) is 12.4 Å². The smallest absolute Gasteiger partial charge is 0.263 e. The molecule has 0 aliphatic carbocycles. The van der Waals surface area contributed by atoms with Crippen LogP contribution in [-0.4, -0.2) is 20.7 Å². The minimum atomic E-state index is -0.126. The molecule has 2 aromatic heterocycles. The first-order valence-corrected chi connectivity index (χ1v) is 7.57. The molecular formula is C15H15N5OS. The molecule has 0 fully saturated rings. The Hall–Kier alpha value is -2.67. The Morgan fingerprint density at radius 2 is 2.09 bits per heavy atom. The van der Waals surface area contributed by atoms with E-state index in [4.69, 9.17) is 0 Å². The second-order valence-corrected chi connectivity index (χ2v) is 5.69. The van der Waals surface area contributed by atoms with Gasteiger partial charge >= 0.3 is 0 Å². The van der Waals surface area contributed by atoms with Gasteiger partial charge in [-0.05, 0) is 5.56 Å². The average molecular weight is 313 g/mol. The number of nitrogens with one attached hydrogen (secondary N) is 2. The summed E-state index contributed by atoms with van der Waals surface area (Å²) < 4.78 is 1.70. The Bertz CT molecular complexity index is 765. The first-order chi connectivity index (χ1) is 10.7. The molecule has 3 rings (SSSR count). The summed E-state index contributed by atoms with van der Waals surface area (Å²) in [6.07, 6.45) is 3.27. The molecule has 2 N–H and O–H groups in total. The Morgan fingerprint density at radius 1 is 1.27 bits per heavy atom. The predicted octanol–water partition coefficient (Wildman–Crippen LogP) is 2.55. The van der Waals surface area contributed by atoms with Gasteiger partial charge in [-0.2, -0.15) is 5.10 Å². The fraction of sp³-hybridized carbons (Fsp3) is 0.133. The van der Waals surface area contributed by atoms with E-state index in [0.29, 0.717) is 16.6 Å². The number of carbonyl (C=O) groups excluding carboxylic acids is 1. The molecule has 0 radical (unpaired) electrons. The van der Waals surface area contributed by atoms with Crippen molar-refractivity contribution in [3.05, 3.63) is 59.2 Å². The van der Waals surface area contributed by atoms with E-state index in [1.165, 1.54) is 11.3 Å². The third kappa shape index (κ3) is 3.32. The maximum Gasteiger partial charge on any atom is 0.263 e. The molecule has 0 saturated heterocycles. The van der Waals surface area contributed by atoms with Crippen molar-refractivity contribution in [3.8, 4) is 0 Å². The molecule has 6 nitrogen and oxygen atoms in total. The first-order valence-electron chi connectivity index (χ1n) is 6.75. The summed E-state index contributed by atoms with van der Waals surface area (Å²) in [6.45, 7) is 0.502. The van der Waals surface area contributed by atoms with Crippen LogP contribution in [0.4, 0.5) is 10.9 Å². The Morgan fingerprint density at radius 3 is 2.82 bits per heavy atom. The van der Waals surface area contributed by atoms with Crippen LogP contribution in [0.15, 0.2) is 48.8 Å². The van der Waals surface area contributed by atoms with Gasteiger partial charge in [-0.25, -0.2) is 4.98 Å². The molecular weight excluding hydrogens is 298 g/mol. The highest BCUT2D eigenvalue weighted by atomic mass is 32.1. The first kappa shape index (κ1) is 14.3. The van der Waals surface area contributed by atoms with Crippen LogP contribution in [0.3, 0.4) is 0 Å². The number of hydrogen-bond donors (Lipinski definition) is 2.